The van der Waals surface area contributed by atoms with Crippen molar-refractivity contribution in [3.05, 3.63) is 40.4 Å². The van der Waals surface area contributed by atoms with Gasteiger partial charge in [0.25, 0.3) is 0 Å². The van der Waals surface area contributed by atoms with E-state index in [0.717, 1.165) is 40.6 Å². The third-order valence-electron chi connectivity index (χ3n) is 6.66. The monoisotopic (exact) mass is 488 g/mol. The number of hydrogen-bond donors (Lipinski definition) is 0. The van der Waals surface area contributed by atoms with Crippen LogP contribution in [-0.2, 0) is 27.3 Å². The highest BCUT2D eigenvalue weighted by molar-refractivity contribution is 6.76. The molecule has 1 aliphatic heterocycles. The topological polar surface area (TPSA) is 45.0 Å². The average molecular weight is 489 g/mol. The van der Waals surface area contributed by atoms with Crippen LogP contribution in [0.3, 0.4) is 0 Å². The van der Waals surface area contributed by atoms with Gasteiger partial charge >= 0.3 is 7.12 Å². The van der Waals surface area contributed by atoms with Gasteiger partial charge in [0, 0.05) is 25.3 Å². The molecule has 3 rings (SSSR count). The number of benzene rings is 1. The normalized spacial score (nSPS) is 17.5. The molecule has 2 heterocycles. The Morgan fingerprint density at radius 2 is 1.76 bits per heavy atom. The lowest BCUT2D eigenvalue weighted by Gasteiger charge is -2.32. The van der Waals surface area contributed by atoms with Crippen LogP contribution < -0.4 is 5.59 Å². The van der Waals surface area contributed by atoms with Crippen molar-refractivity contribution in [1.29, 1.82) is 0 Å². The minimum Gasteiger partial charge on any atom is -0.398 e. The third kappa shape index (κ3) is 5.83. The zero-order valence-electron chi connectivity index (χ0n) is 21.4. The summed E-state index contributed by atoms with van der Waals surface area (Å²) in [4.78, 5) is 4.20. The van der Waals surface area contributed by atoms with Crippen LogP contribution in [0, 0.1) is 6.92 Å². The van der Waals surface area contributed by atoms with Crippen molar-refractivity contribution in [3.8, 4) is 11.3 Å². The van der Waals surface area contributed by atoms with Crippen molar-refractivity contribution >= 4 is 39.1 Å². The van der Waals surface area contributed by atoms with Gasteiger partial charge in [-0.25, -0.2) is 0 Å². The van der Waals surface area contributed by atoms with Gasteiger partial charge in [0.2, 0.25) is 0 Å². The lowest BCUT2D eigenvalue weighted by Crippen LogP contribution is -2.41. The predicted octanol–water partition coefficient (Wildman–Crippen LogP) is 5.93. The molecule has 0 aliphatic carbocycles. The molecule has 8 heteroatoms. The van der Waals surface area contributed by atoms with Crippen LogP contribution in [0.15, 0.2) is 29.3 Å². The molecule has 0 unspecified atom stereocenters. The minimum absolute atomic E-state index is 0.405. The summed E-state index contributed by atoms with van der Waals surface area (Å²) in [7, 11) is -1.71. The van der Waals surface area contributed by atoms with E-state index in [1.807, 2.05) is 18.2 Å². The summed E-state index contributed by atoms with van der Waals surface area (Å²) < 4.78 is 21.3. The molecule has 1 aromatic heterocycles. The van der Waals surface area contributed by atoms with E-state index >= 15 is 0 Å². The Labute approximate surface area is 205 Å². The first-order valence-corrected chi connectivity index (χ1v) is 15.7. The fourth-order valence-electron chi connectivity index (χ4n) is 3.87. The molecule has 5 nitrogen and oxygen atoms in total. The van der Waals surface area contributed by atoms with Crippen molar-refractivity contribution < 1.29 is 14.0 Å². The number of aryl methyl sites for hydroxylation is 1. The fraction of sp³-hybridized carbons (Fsp3) is 0.560. The Hall–Kier alpha value is -1.38. The van der Waals surface area contributed by atoms with E-state index in [1.54, 1.807) is 0 Å². The molecule has 1 aromatic carbocycles. The summed E-state index contributed by atoms with van der Waals surface area (Å²) in [6.07, 6.45) is 0. The van der Waals surface area contributed by atoms with Crippen molar-refractivity contribution in [1.82, 2.24) is 4.57 Å². The molecule has 0 bridgehead atoms. The number of hydrogen-bond acceptors (Lipinski definition) is 4. The molecule has 2 aromatic rings. The van der Waals surface area contributed by atoms with Crippen molar-refractivity contribution in [2.24, 2.45) is 4.99 Å². The number of ether oxygens (including phenoxy) is 1. The van der Waals surface area contributed by atoms with Crippen molar-refractivity contribution in [2.45, 2.75) is 84.8 Å². The first-order chi connectivity index (χ1) is 15.3. The molecule has 0 atom stereocenters. The second-order valence-corrected chi connectivity index (χ2v) is 17.2. The molecule has 1 saturated heterocycles. The van der Waals surface area contributed by atoms with E-state index in [2.05, 4.69) is 76.6 Å². The zero-order valence-corrected chi connectivity index (χ0v) is 23.2. The number of halogens is 1. The van der Waals surface area contributed by atoms with Crippen LogP contribution in [-0.4, -0.2) is 44.3 Å². The van der Waals surface area contributed by atoms with E-state index in [4.69, 9.17) is 25.6 Å². The molecule has 0 spiro atoms. The molecular weight excluding hydrogens is 451 g/mol. The molecular formula is C25H38BClN2O3Si. The minimum atomic E-state index is -1.20. The molecule has 180 valence electrons. The smallest absolute Gasteiger partial charge is 0.398 e. The van der Waals surface area contributed by atoms with E-state index < -0.39 is 26.4 Å². The SMILES string of the molecule is C=NCc1cc(B2OC(C)(C)C(C)(C)O2)n(COCC[Si](C)(C)C)c1-c1cc(Cl)ccc1C. The van der Waals surface area contributed by atoms with Crippen LogP contribution in [0.25, 0.3) is 11.3 Å². The van der Waals surface area contributed by atoms with Crippen LogP contribution >= 0.6 is 11.6 Å². The highest BCUT2D eigenvalue weighted by Crippen LogP contribution is 2.38. The molecule has 0 amide bonds. The van der Waals surface area contributed by atoms with Gasteiger partial charge in [-0.05, 0) is 76.7 Å². The summed E-state index contributed by atoms with van der Waals surface area (Å²) in [5.41, 5.74) is 4.32. The van der Waals surface area contributed by atoms with E-state index in [-0.39, 0.29) is 0 Å². The van der Waals surface area contributed by atoms with Crippen LogP contribution in [0.4, 0.5) is 0 Å². The van der Waals surface area contributed by atoms with Crippen LogP contribution in [0.2, 0.25) is 30.7 Å². The molecule has 0 saturated carbocycles. The molecule has 33 heavy (non-hydrogen) atoms. The average Bonchev–Trinajstić information content (AvgIpc) is 3.14. The first kappa shape index (κ1) is 26.2. The quantitative estimate of drug-likeness (QED) is 0.250. The van der Waals surface area contributed by atoms with Gasteiger partial charge in [0.1, 0.15) is 6.73 Å². The maximum Gasteiger partial charge on any atom is 0.512 e. The summed E-state index contributed by atoms with van der Waals surface area (Å²) in [6, 6.07) is 9.19. The fourth-order valence-corrected chi connectivity index (χ4v) is 4.80. The Morgan fingerprint density at radius 3 is 2.33 bits per heavy atom. The van der Waals surface area contributed by atoms with Gasteiger partial charge in [-0.1, -0.05) is 37.3 Å². The van der Waals surface area contributed by atoms with E-state index in [9.17, 15) is 0 Å². The Kier molecular flexibility index (Phi) is 7.71. The summed E-state index contributed by atoms with van der Waals surface area (Å²) in [5.74, 6) is 0. The van der Waals surface area contributed by atoms with Gasteiger partial charge in [0.15, 0.2) is 0 Å². The molecule has 0 N–H and O–H groups in total. The zero-order chi connectivity index (χ0) is 24.6. The van der Waals surface area contributed by atoms with Gasteiger partial charge in [-0.15, -0.1) is 0 Å². The van der Waals surface area contributed by atoms with Gasteiger partial charge in [0.05, 0.1) is 29.0 Å². The Morgan fingerprint density at radius 1 is 1.12 bits per heavy atom. The second-order valence-electron chi connectivity index (χ2n) is 11.1. The number of nitrogens with zero attached hydrogens (tertiary/aromatic N) is 2. The number of aromatic nitrogens is 1. The van der Waals surface area contributed by atoms with Crippen molar-refractivity contribution in [2.75, 3.05) is 6.61 Å². The maximum atomic E-state index is 6.42. The summed E-state index contributed by atoms with van der Waals surface area (Å²) in [6.45, 7) is 22.8. The summed E-state index contributed by atoms with van der Waals surface area (Å²) >= 11 is 6.41. The Balaban J connectivity index is 2.10. The lowest BCUT2D eigenvalue weighted by atomic mass is 9.84. The van der Waals surface area contributed by atoms with E-state index in [1.165, 1.54) is 0 Å². The third-order valence-corrected chi connectivity index (χ3v) is 8.60. The molecule has 1 aliphatic rings. The maximum absolute atomic E-state index is 6.42. The van der Waals surface area contributed by atoms with Gasteiger partial charge < -0.3 is 18.6 Å². The number of aliphatic imine (C=N–C) groups is 1. The lowest BCUT2D eigenvalue weighted by molar-refractivity contribution is 0.00578. The standard InChI is InChI=1S/C25H38BClN2O3Si/c1-18-10-11-20(27)15-21(18)23-19(16-28-6)14-22(26-31-24(2,3)25(4,5)32-26)29(23)17-30-12-13-33(7,8)9/h10-11,14-15H,6,12-13,16-17H2,1-5,7-9H3. The van der Waals surface area contributed by atoms with Crippen molar-refractivity contribution in [3.63, 3.8) is 0 Å². The highest BCUT2D eigenvalue weighted by atomic mass is 35.5. The Bertz CT molecular complexity index is 998. The second kappa shape index (κ2) is 9.70. The van der Waals surface area contributed by atoms with E-state index in [0.29, 0.717) is 18.3 Å². The van der Waals surface area contributed by atoms with Gasteiger partial charge in [-0.2, -0.15) is 0 Å². The van der Waals surface area contributed by atoms with Crippen LogP contribution in [0.1, 0.15) is 38.8 Å². The highest BCUT2D eigenvalue weighted by Gasteiger charge is 2.53. The first-order valence-electron chi connectivity index (χ1n) is 11.6. The van der Waals surface area contributed by atoms with Gasteiger partial charge in [-0.3, -0.25) is 4.99 Å². The largest absolute Gasteiger partial charge is 0.512 e. The predicted molar refractivity (Wildman–Crippen MR) is 143 cm³/mol. The summed E-state index contributed by atoms with van der Waals surface area (Å²) in [5, 5.41) is 0.692. The molecule has 0 radical (unpaired) electrons. The van der Waals surface area contributed by atoms with Crippen LogP contribution in [0.5, 0.6) is 0 Å². The number of rotatable bonds is 9. The molecule has 1 fully saturated rings.